The number of anilines is 4. The van der Waals surface area contributed by atoms with Gasteiger partial charge in [-0.1, -0.05) is 86.6 Å². The second kappa shape index (κ2) is 13.2. The van der Waals surface area contributed by atoms with E-state index in [0.717, 1.165) is 0 Å². The molecule has 1 heterocycles. The summed E-state index contributed by atoms with van der Waals surface area (Å²) in [6.45, 7) is 3.43. The van der Waals surface area contributed by atoms with Crippen LogP contribution >= 0.6 is 0 Å². The Morgan fingerprint density at radius 1 is 0.651 bits per heavy atom. The Kier molecular flexibility index (Phi) is 9.05. The number of carbonyl (C=O) groups is 3. The lowest BCUT2D eigenvalue weighted by molar-refractivity contribution is -0.150. The number of hydrogen-bond donors (Lipinski definition) is 0. The molecule has 1 fully saturated rings. The zero-order chi connectivity index (χ0) is 30.2. The van der Waals surface area contributed by atoms with Crippen molar-refractivity contribution < 1.29 is 28.6 Å². The largest absolute Gasteiger partial charge is 0.454 e. The van der Waals surface area contributed by atoms with Crippen LogP contribution in [0.25, 0.3) is 0 Å². The molecule has 0 unspecified atom stereocenters. The average Bonchev–Trinajstić information content (AvgIpc) is 3.32. The number of hydrogen-bond acceptors (Lipinski definition) is 6. The van der Waals surface area contributed by atoms with Crippen molar-refractivity contribution in [2.45, 2.75) is 38.9 Å². The molecule has 0 bridgehead atoms. The summed E-state index contributed by atoms with van der Waals surface area (Å²) in [5.41, 5.74) is 1.34. The lowest BCUT2D eigenvalue weighted by Crippen LogP contribution is -2.46. The molecular formula is C35H34N2O6. The third-order valence-corrected chi connectivity index (χ3v) is 7.83. The first-order valence-electron chi connectivity index (χ1n) is 14.4. The molecule has 1 saturated heterocycles. The number of cyclic esters (lactones) is 1. The molecule has 0 saturated carbocycles. The smallest absolute Gasteiger partial charge is 0.419 e. The molecule has 0 aliphatic carbocycles. The molecule has 2 amide bonds. The highest BCUT2D eigenvalue weighted by molar-refractivity contribution is 5.97. The summed E-state index contributed by atoms with van der Waals surface area (Å²) < 4.78 is 17.7. The lowest BCUT2D eigenvalue weighted by atomic mass is 9.77. The van der Waals surface area contributed by atoms with Gasteiger partial charge in [-0.15, -0.1) is 0 Å². The molecule has 220 valence electrons. The van der Waals surface area contributed by atoms with Crippen molar-refractivity contribution >= 4 is 40.9 Å². The normalized spacial score (nSPS) is 17.0. The summed E-state index contributed by atoms with van der Waals surface area (Å²) in [4.78, 5) is 43.7. The van der Waals surface area contributed by atoms with Gasteiger partial charge in [0.05, 0.1) is 22.7 Å². The Bertz CT molecular complexity index is 1430. The van der Waals surface area contributed by atoms with E-state index in [1.54, 1.807) is 48.5 Å². The zero-order valence-corrected chi connectivity index (χ0v) is 24.2. The summed E-state index contributed by atoms with van der Waals surface area (Å²) in [6.07, 6.45) is -2.56. The summed E-state index contributed by atoms with van der Waals surface area (Å²) in [7, 11) is 0. The molecule has 5 rings (SSSR count). The van der Waals surface area contributed by atoms with Gasteiger partial charge >= 0.3 is 18.2 Å². The molecule has 0 radical (unpaired) electrons. The van der Waals surface area contributed by atoms with Crippen LogP contribution in [0.15, 0.2) is 121 Å². The maximum Gasteiger partial charge on any atom is 0.419 e. The number of benzene rings is 4. The molecule has 4 aromatic rings. The minimum absolute atomic E-state index is 0.295. The number of esters is 1. The van der Waals surface area contributed by atoms with E-state index in [9.17, 15) is 14.4 Å². The fourth-order valence-electron chi connectivity index (χ4n) is 5.45. The maximum atomic E-state index is 13.9. The van der Waals surface area contributed by atoms with Crippen LogP contribution in [0.3, 0.4) is 0 Å². The second-order valence-corrected chi connectivity index (χ2v) is 10.2. The molecule has 8 nitrogen and oxygen atoms in total. The standard InChI is InChI=1S/C35H34N2O6/c1-3-35(4-2)31(43-34(40)37(28-21-13-7-14-22-28)29-23-15-8-16-24-29)30(42-32(35)38)25-41-33(39)36(26-17-9-5-10-18-26)27-19-11-6-12-20-27/h5-24,30-31H,3-4,25H2,1-2H3/t30-,31-/m1/s1. The van der Waals surface area contributed by atoms with Crippen LogP contribution in [0.4, 0.5) is 32.3 Å². The molecule has 0 spiro atoms. The zero-order valence-electron chi connectivity index (χ0n) is 24.2. The fourth-order valence-corrected chi connectivity index (χ4v) is 5.45. The van der Waals surface area contributed by atoms with Gasteiger partial charge < -0.3 is 14.2 Å². The summed E-state index contributed by atoms with van der Waals surface area (Å²) >= 11 is 0. The average molecular weight is 579 g/mol. The van der Waals surface area contributed by atoms with Crippen LogP contribution in [0.5, 0.6) is 0 Å². The highest BCUT2D eigenvalue weighted by Crippen LogP contribution is 2.43. The SMILES string of the molecule is CCC1(CC)C(=O)O[C@H](COC(=O)N(c2ccccc2)c2ccccc2)[C@H]1OC(=O)N(c1ccccc1)c1ccccc1. The number of carbonyl (C=O) groups excluding carboxylic acids is 3. The van der Waals surface area contributed by atoms with Crippen LogP contribution in [0, 0.1) is 5.41 Å². The predicted octanol–water partition coefficient (Wildman–Crippen LogP) is 8.04. The molecule has 0 N–H and O–H groups in total. The van der Waals surface area contributed by atoms with Crippen molar-refractivity contribution in [3.63, 3.8) is 0 Å². The Morgan fingerprint density at radius 3 is 1.40 bits per heavy atom. The predicted molar refractivity (Wildman–Crippen MR) is 165 cm³/mol. The van der Waals surface area contributed by atoms with Gasteiger partial charge in [0.2, 0.25) is 0 Å². The number of rotatable bonds is 9. The Labute approximate surface area is 251 Å². The van der Waals surface area contributed by atoms with Crippen molar-refractivity contribution in [2.75, 3.05) is 16.4 Å². The molecule has 1 aliphatic heterocycles. The molecule has 8 heteroatoms. The first-order valence-corrected chi connectivity index (χ1v) is 14.4. The van der Waals surface area contributed by atoms with E-state index >= 15 is 0 Å². The topological polar surface area (TPSA) is 85.4 Å². The van der Waals surface area contributed by atoms with Crippen LogP contribution < -0.4 is 9.80 Å². The number of para-hydroxylation sites is 4. The maximum absolute atomic E-state index is 13.9. The molecule has 4 aromatic carbocycles. The summed E-state index contributed by atoms with van der Waals surface area (Å²) in [5, 5.41) is 0. The third kappa shape index (κ3) is 6.09. The quantitative estimate of drug-likeness (QED) is 0.148. The van der Waals surface area contributed by atoms with Crippen molar-refractivity contribution in [1.29, 1.82) is 0 Å². The van der Waals surface area contributed by atoms with E-state index in [-0.39, 0.29) is 6.61 Å². The highest BCUT2D eigenvalue weighted by atomic mass is 16.6. The van der Waals surface area contributed by atoms with E-state index in [1.165, 1.54) is 9.80 Å². The van der Waals surface area contributed by atoms with E-state index in [4.69, 9.17) is 14.2 Å². The van der Waals surface area contributed by atoms with Crippen LogP contribution in [0.1, 0.15) is 26.7 Å². The first-order chi connectivity index (χ1) is 21.0. The minimum atomic E-state index is -1.09. The second-order valence-electron chi connectivity index (χ2n) is 10.2. The van der Waals surface area contributed by atoms with Gasteiger partial charge in [0.15, 0.2) is 12.2 Å². The minimum Gasteiger partial charge on any atom is -0.454 e. The highest BCUT2D eigenvalue weighted by Gasteiger charge is 2.58. The third-order valence-electron chi connectivity index (χ3n) is 7.83. The van der Waals surface area contributed by atoms with Gasteiger partial charge in [-0.25, -0.2) is 19.4 Å². The van der Waals surface area contributed by atoms with Crippen molar-refractivity contribution in [2.24, 2.45) is 5.41 Å². The number of ether oxygens (including phenoxy) is 3. The van der Waals surface area contributed by atoms with Crippen molar-refractivity contribution in [1.82, 2.24) is 0 Å². The van der Waals surface area contributed by atoms with Gasteiger partial charge in [-0.2, -0.15) is 0 Å². The number of amides is 2. The first kappa shape index (κ1) is 29.4. The van der Waals surface area contributed by atoms with Crippen molar-refractivity contribution in [3.8, 4) is 0 Å². The molecule has 2 atom stereocenters. The molecule has 0 aromatic heterocycles. The lowest BCUT2D eigenvalue weighted by Gasteiger charge is -2.32. The van der Waals surface area contributed by atoms with Crippen LogP contribution in [-0.2, 0) is 19.0 Å². The van der Waals surface area contributed by atoms with Gasteiger partial charge in [0.1, 0.15) is 12.0 Å². The molecule has 1 aliphatic rings. The van der Waals surface area contributed by atoms with E-state index < -0.39 is 35.8 Å². The summed E-state index contributed by atoms with van der Waals surface area (Å²) in [5.74, 6) is -0.481. The van der Waals surface area contributed by atoms with Crippen LogP contribution in [-0.4, -0.2) is 37.0 Å². The van der Waals surface area contributed by atoms with E-state index in [1.807, 2.05) is 86.6 Å². The number of nitrogens with zero attached hydrogens (tertiary/aromatic N) is 2. The van der Waals surface area contributed by atoms with Gasteiger partial charge in [0, 0.05) is 0 Å². The van der Waals surface area contributed by atoms with E-state index in [0.29, 0.717) is 35.6 Å². The molecule has 43 heavy (non-hydrogen) atoms. The van der Waals surface area contributed by atoms with Crippen LogP contribution in [0.2, 0.25) is 0 Å². The Morgan fingerprint density at radius 2 is 1.02 bits per heavy atom. The molecular weight excluding hydrogens is 544 g/mol. The van der Waals surface area contributed by atoms with Crippen molar-refractivity contribution in [3.05, 3.63) is 121 Å². The van der Waals surface area contributed by atoms with Gasteiger partial charge in [-0.05, 0) is 61.4 Å². The fraction of sp³-hybridized carbons (Fsp3) is 0.229. The monoisotopic (exact) mass is 578 g/mol. The Balaban J connectivity index is 1.41. The van der Waals surface area contributed by atoms with Gasteiger partial charge in [-0.3, -0.25) is 4.79 Å². The van der Waals surface area contributed by atoms with E-state index in [2.05, 4.69) is 0 Å². The Hall–Kier alpha value is -5.11. The van der Waals surface area contributed by atoms with Gasteiger partial charge in [0.25, 0.3) is 0 Å². The summed E-state index contributed by atoms with van der Waals surface area (Å²) in [6, 6.07) is 36.5.